The van der Waals surface area contributed by atoms with E-state index < -0.39 is 11.5 Å². The van der Waals surface area contributed by atoms with Gasteiger partial charge in [0.2, 0.25) is 5.91 Å². The molecule has 4 heterocycles. The number of nitrogens with zero attached hydrogens (tertiary/aromatic N) is 2. The van der Waals surface area contributed by atoms with E-state index in [4.69, 9.17) is 9.15 Å². The lowest BCUT2D eigenvalue weighted by molar-refractivity contribution is -0.122. The Balaban J connectivity index is 1.36. The van der Waals surface area contributed by atoms with E-state index in [-0.39, 0.29) is 24.1 Å². The number of carbonyl (C=O) groups excluding carboxylic acids is 2. The van der Waals surface area contributed by atoms with Crippen molar-refractivity contribution in [1.29, 1.82) is 0 Å². The number of thioether (sulfide) groups is 1. The predicted octanol–water partition coefficient (Wildman–Crippen LogP) is 2.28. The summed E-state index contributed by atoms with van der Waals surface area (Å²) in [4.78, 5) is 37.9. The van der Waals surface area contributed by atoms with Crippen molar-refractivity contribution in [2.45, 2.75) is 37.0 Å². The van der Waals surface area contributed by atoms with Crippen LogP contribution in [0.25, 0.3) is 11.0 Å². The van der Waals surface area contributed by atoms with Gasteiger partial charge in [-0.3, -0.25) is 9.59 Å². The van der Waals surface area contributed by atoms with E-state index in [9.17, 15) is 14.4 Å². The molecule has 166 valence electrons. The normalized spacial score (nSPS) is 17.4. The lowest BCUT2D eigenvalue weighted by Crippen LogP contribution is -2.35. The van der Waals surface area contributed by atoms with Gasteiger partial charge in [0.1, 0.15) is 23.5 Å². The van der Waals surface area contributed by atoms with Gasteiger partial charge in [0, 0.05) is 35.6 Å². The molecule has 2 aliphatic rings. The van der Waals surface area contributed by atoms with Crippen LogP contribution < -0.4 is 16.3 Å². The van der Waals surface area contributed by atoms with Crippen LogP contribution in [0, 0.1) is 0 Å². The number of ether oxygens (including phenoxy) is 1. The zero-order valence-corrected chi connectivity index (χ0v) is 18.1. The van der Waals surface area contributed by atoms with Gasteiger partial charge in [-0.25, -0.2) is 9.48 Å². The van der Waals surface area contributed by atoms with Gasteiger partial charge >= 0.3 is 5.63 Å². The second-order valence-electron chi connectivity index (χ2n) is 7.80. The molecular weight excluding hydrogens is 432 g/mol. The van der Waals surface area contributed by atoms with E-state index >= 15 is 0 Å². The average Bonchev–Trinajstić information content (AvgIpc) is 3.52. The van der Waals surface area contributed by atoms with Crippen LogP contribution in [-0.4, -0.2) is 40.9 Å². The fraction of sp³-hybridized carbons (Fsp3) is 0.364. The van der Waals surface area contributed by atoms with Crippen LogP contribution in [0.1, 0.15) is 34.5 Å². The quantitative estimate of drug-likeness (QED) is 0.549. The molecule has 0 bridgehead atoms. The number of benzene rings is 1. The lowest BCUT2D eigenvalue weighted by Gasteiger charge is -2.13. The Morgan fingerprint density at radius 3 is 2.97 bits per heavy atom. The molecule has 0 spiro atoms. The van der Waals surface area contributed by atoms with Gasteiger partial charge in [-0.15, -0.1) is 0 Å². The largest absolute Gasteiger partial charge is 0.422 e. The number of rotatable bonds is 6. The van der Waals surface area contributed by atoms with Gasteiger partial charge < -0.3 is 19.8 Å². The maximum Gasteiger partial charge on any atom is 0.349 e. The monoisotopic (exact) mass is 454 g/mol. The Morgan fingerprint density at radius 2 is 2.12 bits per heavy atom. The van der Waals surface area contributed by atoms with Gasteiger partial charge in [0.05, 0.1) is 11.8 Å². The molecule has 2 aromatic heterocycles. The molecule has 32 heavy (non-hydrogen) atoms. The molecule has 9 nitrogen and oxygen atoms in total. The Morgan fingerprint density at radius 1 is 1.25 bits per heavy atom. The van der Waals surface area contributed by atoms with Crippen LogP contribution in [0.3, 0.4) is 0 Å². The number of fused-ring (bicyclic) bond motifs is 2. The Labute approximate surface area is 187 Å². The van der Waals surface area contributed by atoms with Gasteiger partial charge in [0.25, 0.3) is 5.91 Å². The molecule has 5 rings (SSSR count). The van der Waals surface area contributed by atoms with Gasteiger partial charge in [-0.1, -0.05) is 18.2 Å². The molecular formula is C22H22N4O5S. The lowest BCUT2D eigenvalue weighted by atomic mass is 10.1. The van der Waals surface area contributed by atoms with E-state index in [1.807, 2.05) is 0 Å². The number of nitrogens with one attached hydrogen (secondary N) is 2. The third-order valence-corrected chi connectivity index (χ3v) is 6.55. The summed E-state index contributed by atoms with van der Waals surface area (Å²) in [6, 6.07) is 8.52. The van der Waals surface area contributed by atoms with Gasteiger partial charge in [0.15, 0.2) is 0 Å². The van der Waals surface area contributed by atoms with Crippen LogP contribution in [0.15, 0.2) is 39.5 Å². The number of aromatic nitrogens is 2. The molecule has 3 aromatic rings. The molecule has 2 aliphatic heterocycles. The first kappa shape index (κ1) is 20.8. The Kier molecular flexibility index (Phi) is 5.71. The highest BCUT2D eigenvalue weighted by Crippen LogP contribution is 2.34. The van der Waals surface area contributed by atoms with E-state index in [2.05, 4.69) is 15.7 Å². The van der Waals surface area contributed by atoms with Crippen molar-refractivity contribution in [2.24, 2.45) is 0 Å². The van der Waals surface area contributed by atoms with Crippen molar-refractivity contribution < 1.29 is 18.7 Å². The zero-order chi connectivity index (χ0) is 22.1. The highest BCUT2D eigenvalue weighted by molar-refractivity contribution is 7.98. The summed E-state index contributed by atoms with van der Waals surface area (Å²) in [5.74, 6) is 1.02. The summed E-state index contributed by atoms with van der Waals surface area (Å²) < 4.78 is 12.3. The summed E-state index contributed by atoms with van der Waals surface area (Å²) in [5.41, 5.74) is 1.31. The first-order valence-corrected chi connectivity index (χ1v) is 11.6. The fourth-order valence-electron chi connectivity index (χ4n) is 3.94. The summed E-state index contributed by atoms with van der Waals surface area (Å²) >= 11 is 1.68. The number of para-hydroxylation sites is 1. The Bertz CT molecular complexity index is 1240. The van der Waals surface area contributed by atoms with Crippen LogP contribution >= 0.6 is 11.8 Å². The van der Waals surface area contributed by atoms with Crippen molar-refractivity contribution in [1.82, 2.24) is 15.1 Å². The molecule has 1 aromatic carbocycles. The summed E-state index contributed by atoms with van der Waals surface area (Å²) in [5, 5.41) is 10.8. The number of anilines is 1. The number of hydrogen-bond acceptors (Lipinski definition) is 7. The molecule has 0 radical (unpaired) electrons. The summed E-state index contributed by atoms with van der Waals surface area (Å²) in [6.07, 6.45) is 1.98. The maximum absolute atomic E-state index is 13.0. The minimum absolute atomic E-state index is 0.0354. The Hall–Kier alpha value is -3.11. The molecule has 1 unspecified atom stereocenters. The minimum Gasteiger partial charge on any atom is -0.422 e. The molecule has 1 fully saturated rings. The number of amides is 2. The van der Waals surface area contributed by atoms with Crippen molar-refractivity contribution in [2.75, 3.05) is 18.5 Å². The van der Waals surface area contributed by atoms with Gasteiger partial charge in [-0.05, 0) is 25.0 Å². The highest BCUT2D eigenvalue weighted by atomic mass is 32.2. The summed E-state index contributed by atoms with van der Waals surface area (Å²) in [6.45, 7) is 1.14. The molecule has 0 saturated carbocycles. The third-order valence-electron chi connectivity index (χ3n) is 5.58. The molecule has 1 saturated heterocycles. The standard InChI is InChI=1S/C22H22N4O5S/c27-19(23-9-14-5-3-7-30-14)10-26-20(16-11-32-12-17(16)25-26)24-21(28)15-8-13-4-1-2-6-18(13)31-22(15)29/h1-2,4,6,8,14H,3,5,7,9-12H2,(H,23,27)(H,24,28). The topological polar surface area (TPSA) is 115 Å². The SMILES string of the molecule is O=C(Cn1nc2c(c1NC(=O)c1cc3ccccc3oc1=O)CSC2)NCC1CCCO1. The molecule has 0 aliphatic carbocycles. The maximum atomic E-state index is 13.0. The number of hydrogen-bond donors (Lipinski definition) is 2. The van der Waals surface area contributed by atoms with Crippen LogP contribution in [0.4, 0.5) is 5.82 Å². The average molecular weight is 455 g/mol. The van der Waals surface area contributed by atoms with Gasteiger partial charge in [-0.2, -0.15) is 16.9 Å². The fourth-order valence-corrected chi connectivity index (χ4v) is 4.98. The van der Waals surface area contributed by atoms with E-state index in [1.54, 1.807) is 36.0 Å². The smallest absolute Gasteiger partial charge is 0.349 e. The third kappa shape index (κ3) is 4.15. The van der Waals surface area contributed by atoms with Crippen LogP contribution in [0.2, 0.25) is 0 Å². The molecule has 1 atom stereocenters. The predicted molar refractivity (Wildman–Crippen MR) is 120 cm³/mol. The van der Waals surface area contributed by atoms with Crippen molar-refractivity contribution in [3.05, 3.63) is 57.6 Å². The number of carbonyl (C=O) groups is 2. The van der Waals surface area contributed by atoms with Crippen molar-refractivity contribution in [3.63, 3.8) is 0 Å². The summed E-state index contributed by atoms with van der Waals surface area (Å²) in [7, 11) is 0. The minimum atomic E-state index is -0.715. The second-order valence-corrected chi connectivity index (χ2v) is 8.79. The molecule has 10 heteroatoms. The van der Waals surface area contributed by atoms with Crippen LogP contribution in [-0.2, 0) is 27.6 Å². The van der Waals surface area contributed by atoms with E-state index in [1.165, 1.54) is 10.7 Å². The van der Waals surface area contributed by atoms with Crippen LogP contribution in [0.5, 0.6) is 0 Å². The molecule has 2 amide bonds. The first-order chi connectivity index (χ1) is 15.6. The van der Waals surface area contributed by atoms with E-state index in [0.29, 0.717) is 34.8 Å². The zero-order valence-electron chi connectivity index (χ0n) is 17.3. The van der Waals surface area contributed by atoms with Crippen molar-refractivity contribution >= 4 is 40.4 Å². The van der Waals surface area contributed by atoms with E-state index in [0.717, 1.165) is 30.7 Å². The molecule has 2 N–H and O–H groups in total. The first-order valence-electron chi connectivity index (χ1n) is 10.5. The second kappa shape index (κ2) is 8.79. The highest BCUT2D eigenvalue weighted by Gasteiger charge is 2.26. The van der Waals surface area contributed by atoms with Crippen molar-refractivity contribution in [3.8, 4) is 0 Å².